The number of ether oxygens (including phenoxy) is 1. The van der Waals surface area contributed by atoms with Gasteiger partial charge in [0.05, 0.1) is 6.54 Å². The van der Waals surface area contributed by atoms with Crippen molar-refractivity contribution in [2.24, 2.45) is 16.3 Å². The van der Waals surface area contributed by atoms with Crippen LogP contribution in [0.5, 0.6) is 0 Å². The smallest absolute Gasteiger partial charge is 0.239 e. The van der Waals surface area contributed by atoms with Crippen LogP contribution < -0.4 is 11.1 Å². The number of likely N-dealkylation sites (N-methyl/N-ethyl adjacent to an activating group) is 2. The maximum Gasteiger partial charge on any atom is 0.239 e. The first kappa shape index (κ1) is 16.2. The predicted molar refractivity (Wildman–Crippen MR) is 72.2 cm³/mol. The Balaban J connectivity index is 2.85. The van der Waals surface area contributed by atoms with E-state index in [1.165, 1.54) is 11.9 Å². The molecule has 0 aromatic carbocycles. The first-order chi connectivity index (χ1) is 9.47. The molecule has 0 bridgehead atoms. The molecule has 1 aliphatic heterocycles. The monoisotopic (exact) mass is 286 g/mol. The molecule has 1 saturated heterocycles. The lowest BCUT2D eigenvalue weighted by atomic mass is 9.77. The predicted octanol–water partition coefficient (Wildman–Crippen LogP) is -0.876. The first-order valence-corrected chi connectivity index (χ1v) is 6.56. The third-order valence-electron chi connectivity index (χ3n) is 3.46. The van der Waals surface area contributed by atoms with Gasteiger partial charge < -0.3 is 25.9 Å². The van der Waals surface area contributed by atoms with Crippen LogP contribution in [0, 0.1) is 5.41 Å². The molecule has 0 radical (unpaired) electrons. The largest absolute Gasteiger partial charge is 0.409 e. The molecule has 8 nitrogen and oxygen atoms in total. The van der Waals surface area contributed by atoms with Crippen LogP contribution in [0.25, 0.3) is 0 Å². The van der Waals surface area contributed by atoms with Gasteiger partial charge in [-0.1, -0.05) is 5.16 Å². The molecule has 0 saturated carbocycles. The number of amidine groups is 1. The lowest BCUT2D eigenvalue weighted by molar-refractivity contribution is -0.144. The third-order valence-corrected chi connectivity index (χ3v) is 3.46. The SMILES string of the molecule is CCNC(=O)CN(C)C(=O)C1(C(N)=NO)CCOCC1. The fourth-order valence-corrected chi connectivity index (χ4v) is 2.30. The van der Waals surface area contributed by atoms with E-state index >= 15 is 0 Å². The molecule has 0 aliphatic carbocycles. The molecule has 2 amide bonds. The van der Waals surface area contributed by atoms with Gasteiger partial charge in [0.25, 0.3) is 0 Å². The normalized spacial score (nSPS) is 18.4. The van der Waals surface area contributed by atoms with Gasteiger partial charge >= 0.3 is 0 Å². The average Bonchev–Trinajstić information content (AvgIpc) is 2.46. The highest BCUT2D eigenvalue weighted by molar-refractivity contribution is 6.07. The molecule has 0 aromatic heterocycles. The van der Waals surface area contributed by atoms with Crippen molar-refractivity contribution in [3.05, 3.63) is 0 Å². The van der Waals surface area contributed by atoms with Crippen LogP contribution in [0.15, 0.2) is 5.16 Å². The Labute approximate surface area is 117 Å². The van der Waals surface area contributed by atoms with E-state index < -0.39 is 5.41 Å². The van der Waals surface area contributed by atoms with Crippen molar-refractivity contribution in [3.63, 3.8) is 0 Å². The minimum Gasteiger partial charge on any atom is -0.409 e. The summed E-state index contributed by atoms with van der Waals surface area (Å²) in [6.45, 7) is 2.96. The maximum absolute atomic E-state index is 12.6. The zero-order valence-corrected chi connectivity index (χ0v) is 11.9. The summed E-state index contributed by atoms with van der Waals surface area (Å²) in [6.07, 6.45) is 0.670. The van der Waals surface area contributed by atoms with Crippen molar-refractivity contribution in [2.75, 3.05) is 33.4 Å². The number of nitrogens with two attached hydrogens (primary N) is 1. The molecular formula is C12H22N4O4. The molecular weight excluding hydrogens is 264 g/mol. The number of hydrogen-bond acceptors (Lipinski definition) is 5. The Bertz CT molecular complexity index is 391. The van der Waals surface area contributed by atoms with E-state index in [9.17, 15) is 9.59 Å². The fraction of sp³-hybridized carbons (Fsp3) is 0.750. The Hall–Kier alpha value is -1.83. The standard InChI is InChI=1S/C12H22N4O4/c1-3-14-9(17)8-16(2)11(18)12(10(13)15-19)4-6-20-7-5-12/h19H,3-8H2,1-2H3,(H2,13,15)(H,14,17). The number of rotatable bonds is 5. The Morgan fingerprint density at radius 1 is 1.45 bits per heavy atom. The van der Waals surface area contributed by atoms with E-state index in [0.29, 0.717) is 32.6 Å². The fourth-order valence-electron chi connectivity index (χ4n) is 2.30. The van der Waals surface area contributed by atoms with Crippen LogP contribution in [-0.4, -0.2) is 61.1 Å². The van der Waals surface area contributed by atoms with Crippen molar-refractivity contribution in [1.82, 2.24) is 10.2 Å². The molecule has 4 N–H and O–H groups in total. The molecule has 0 unspecified atom stereocenters. The van der Waals surface area contributed by atoms with E-state index in [4.69, 9.17) is 15.7 Å². The van der Waals surface area contributed by atoms with Crippen LogP contribution >= 0.6 is 0 Å². The van der Waals surface area contributed by atoms with Gasteiger partial charge in [-0.25, -0.2) is 0 Å². The van der Waals surface area contributed by atoms with Gasteiger partial charge in [0, 0.05) is 26.8 Å². The topological polar surface area (TPSA) is 117 Å². The molecule has 0 spiro atoms. The number of carbonyl (C=O) groups excluding carboxylic acids is 2. The van der Waals surface area contributed by atoms with Crippen LogP contribution in [0.1, 0.15) is 19.8 Å². The van der Waals surface area contributed by atoms with Crippen LogP contribution in [0.3, 0.4) is 0 Å². The van der Waals surface area contributed by atoms with Gasteiger partial charge in [0.15, 0.2) is 5.84 Å². The number of nitrogens with zero attached hydrogens (tertiary/aromatic N) is 2. The van der Waals surface area contributed by atoms with Crippen molar-refractivity contribution >= 4 is 17.6 Å². The van der Waals surface area contributed by atoms with Gasteiger partial charge in [-0.3, -0.25) is 9.59 Å². The number of carbonyl (C=O) groups is 2. The zero-order chi connectivity index (χ0) is 15.2. The van der Waals surface area contributed by atoms with Crippen molar-refractivity contribution in [3.8, 4) is 0 Å². The van der Waals surface area contributed by atoms with E-state index in [-0.39, 0.29) is 24.2 Å². The summed E-state index contributed by atoms with van der Waals surface area (Å²) in [5.74, 6) is -0.707. The molecule has 114 valence electrons. The van der Waals surface area contributed by atoms with Crippen molar-refractivity contribution < 1.29 is 19.5 Å². The van der Waals surface area contributed by atoms with Crippen molar-refractivity contribution in [1.29, 1.82) is 0 Å². The lowest BCUT2D eigenvalue weighted by Gasteiger charge is -2.37. The molecule has 1 fully saturated rings. The van der Waals surface area contributed by atoms with Gasteiger partial charge in [-0.15, -0.1) is 0 Å². The summed E-state index contributed by atoms with van der Waals surface area (Å²) < 4.78 is 5.23. The maximum atomic E-state index is 12.6. The molecule has 0 atom stereocenters. The zero-order valence-electron chi connectivity index (χ0n) is 11.9. The highest BCUT2D eigenvalue weighted by atomic mass is 16.5. The molecule has 8 heteroatoms. The molecule has 1 heterocycles. The second kappa shape index (κ2) is 7.09. The number of amides is 2. The van der Waals surface area contributed by atoms with Crippen LogP contribution in [0.4, 0.5) is 0 Å². The second-order valence-electron chi connectivity index (χ2n) is 4.79. The highest BCUT2D eigenvalue weighted by Gasteiger charge is 2.46. The van der Waals surface area contributed by atoms with Gasteiger partial charge in [-0.05, 0) is 19.8 Å². The summed E-state index contributed by atoms with van der Waals surface area (Å²) >= 11 is 0. The number of hydrogen-bond donors (Lipinski definition) is 3. The highest BCUT2D eigenvalue weighted by Crippen LogP contribution is 2.32. The van der Waals surface area contributed by atoms with Crippen LogP contribution in [0.2, 0.25) is 0 Å². The summed E-state index contributed by atoms with van der Waals surface area (Å²) in [5.41, 5.74) is 4.62. The Kier molecular flexibility index (Phi) is 5.75. The molecule has 0 aromatic rings. The molecule has 1 rings (SSSR count). The van der Waals surface area contributed by atoms with E-state index in [0.717, 1.165) is 0 Å². The summed E-state index contributed by atoms with van der Waals surface area (Å²) in [4.78, 5) is 25.4. The van der Waals surface area contributed by atoms with Gasteiger partial charge in [-0.2, -0.15) is 0 Å². The Morgan fingerprint density at radius 2 is 2.05 bits per heavy atom. The van der Waals surface area contributed by atoms with E-state index in [1.807, 2.05) is 0 Å². The van der Waals surface area contributed by atoms with Gasteiger partial charge in [0.1, 0.15) is 5.41 Å². The minimum atomic E-state index is -1.09. The Morgan fingerprint density at radius 3 is 2.55 bits per heavy atom. The third kappa shape index (κ3) is 3.38. The molecule has 20 heavy (non-hydrogen) atoms. The number of oxime groups is 1. The first-order valence-electron chi connectivity index (χ1n) is 6.56. The number of nitrogens with one attached hydrogen (secondary N) is 1. The van der Waals surface area contributed by atoms with Crippen LogP contribution in [-0.2, 0) is 14.3 Å². The molecule has 1 aliphatic rings. The summed E-state index contributed by atoms with van der Waals surface area (Å²) in [7, 11) is 1.53. The van der Waals surface area contributed by atoms with E-state index in [1.54, 1.807) is 6.92 Å². The van der Waals surface area contributed by atoms with E-state index in [2.05, 4.69) is 10.5 Å². The minimum absolute atomic E-state index is 0.0615. The average molecular weight is 286 g/mol. The second-order valence-corrected chi connectivity index (χ2v) is 4.79. The van der Waals surface area contributed by atoms with Gasteiger partial charge in [0.2, 0.25) is 11.8 Å². The summed E-state index contributed by atoms with van der Waals surface area (Å²) in [6, 6.07) is 0. The van der Waals surface area contributed by atoms with Crippen molar-refractivity contribution in [2.45, 2.75) is 19.8 Å². The lowest BCUT2D eigenvalue weighted by Crippen LogP contribution is -2.54. The summed E-state index contributed by atoms with van der Waals surface area (Å²) in [5, 5.41) is 14.5. The quantitative estimate of drug-likeness (QED) is 0.263.